The number of aromatic amines is 2. The molecule has 2 unspecified atom stereocenters. The number of unbranched alkanes of at least 4 members (excludes halogenated alkanes) is 1. The molecule has 0 aliphatic heterocycles. The van der Waals surface area contributed by atoms with Gasteiger partial charge in [0.25, 0.3) is 0 Å². The van der Waals surface area contributed by atoms with E-state index in [0.717, 1.165) is 29.5 Å². The summed E-state index contributed by atoms with van der Waals surface area (Å²) in [5, 5.41) is 30.6. The van der Waals surface area contributed by atoms with E-state index in [1.54, 1.807) is 6.20 Å². The fourth-order valence-electron chi connectivity index (χ4n) is 3.16. The summed E-state index contributed by atoms with van der Waals surface area (Å²) < 4.78 is 0. The van der Waals surface area contributed by atoms with E-state index in [2.05, 4.69) is 37.7 Å². The molecule has 26 heavy (non-hydrogen) atoms. The van der Waals surface area contributed by atoms with E-state index < -0.39 is 11.9 Å². The van der Waals surface area contributed by atoms with Gasteiger partial charge in [-0.3, -0.25) is 9.89 Å². The van der Waals surface area contributed by atoms with Gasteiger partial charge in [-0.2, -0.15) is 10.3 Å². The van der Waals surface area contributed by atoms with E-state index in [0.29, 0.717) is 18.7 Å². The van der Waals surface area contributed by atoms with E-state index >= 15 is 0 Å². The normalized spacial score (nSPS) is 13.4. The average Bonchev–Trinajstić information content (AvgIpc) is 3.35. The number of hydrogen-bond donors (Lipinski definition) is 3. The highest BCUT2D eigenvalue weighted by Gasteiger charge is 2.32. The van der Waals surface area contributed by atoms with E-state index in [4.69, 9.17) is 0 Å². The Bertz CT molecular complexity index is 799. The van der Waals surface area contributed by atoms with Crippen LogP contribution in [0.15, 0.2) is 36.7 Å². The van der Waals surface area contributed by atoms with Crippen molar-refractivity contribution in [2.45, 2.75) is 38.5 Å². The van der Waals surface area contributed by atoms with Crippen molar-refractivity contribution >= 4 is 5.97 Å². The van der Waals surface area contributed by atoms with Crippen LogP contribution in [0.25, 0.3) is 11.1 Å². The summed E-state index contributed by atoms with van der Waals surface area (Å²) in [5.41, 5.74) is 3.10. The number of nitrogens with one attached hydrogen (secondary N) is 2. The van der Waals surface area contributed by atoms with Gasteiger partial charge in [0.15, 0.2) is 5.82 Å². The maximum absolute atomic E-state index is 11.8. The zero-order valence-corrected chi connectivity index (χ0v) is 14.6. The van der Waals surface area contributed by atoms with Crippen molar-refractivity contribution in [2.24, 2.45) is 5.92 Å². The Morgan fingerprint density at radius 2 is 2.04 bits per heavy atom. The van der Waals surface area contributed by atoms with Gasteiger partial charge in [0.05, 0.1) is 12.1 Å². The number of aromatic nitrogens is 6. The topological polar surface area (TPSA) is 120 Å². The molecule has 0 amide bonds. The molecule has 8 heteroatoms. The molecule has 3 N–H and O–H groups in total. The Morgan fingerprint density at radius 1 is 1.23 bits per heavy atom. The summed E-state index contributed by atoms with van der Waals surface area (Å²) in [5.74, 6) is -1.23. The van der Waals surface area contributed by atoms with Gasteiger partial charge in [-0.15, -0.1) is 10.2 Å². The first kappa shape index (κ1) is 17.8. The molecule has 2 aromatic heterocycles. The fourth-order valence-corrected chi connectivity index (χ4v) is 3.16. The monoisotopic (exact) mass is 354 g/mol. The van der Waals surface area contributed by atoms with Crippen molar-refractivity contribution in [3.8, 4) is 11.1 Å². The lowest BCUT2D eigenvalue weighted by Crippen LogP contribution is -2.25. The number of carboxylic acid groups (broad SMARTS) is 1. The van der Waals surface area contributed by atoms with E-state index in [9.17, 15) is 9.90 Å². The van der Waals surface area contributed by atoms with Crippen LogP contribution in [-0.2, 0) is 11.2 Å². The van der Waals surface area contributed by atoms with Gasteiger partial charge < -0.3 is 5.11 Å². The maximum atomic E-state index is 11.8. The van der Waals surface area contributed by atoms with Crippen LogP contribution >= 0.6 is 0 Å². The number of H-pyrrole nitrogens is 2. The number of benzene rings is 1. The van der Waals surface area contributed by atoms with Crippen molar-refractivity contribution in [1.82, 2.24) is 30.8 Å². The summed E-state index contributed by atoms with van der Waals surface area (Å²) in [4.78, 5) is 11.8. The summed E-state index contributed by atoms with van der Waals surface area (Å²) in [6.07, 6.45) is 6.54. The molecule has 2 heterocycles. The Hall–Kier alpha value is -3.03. The Kier molecular flexibility index (Phi) is 5.73. The van der Waals surface area contributed by atoms with Crippen molar-refractivity contribution in [3.05, 3.63) is 48.0 Å². The SMILES string of the molecule is CCCCC(C(=O)O)C(Cc1ccc(-c2cn[nH]c2)cc1)c1nn[nH]n1. The highest BCUT2D eigenvalue weighted by molar-refractivity contribution is 5.71. The lowest BCUT2D eigenvalue weighted by molar-refractivity contribution is -0.143. The number of hydrogen-bond acceptors (Lipinski definition) is 5. The lowest BCUT2D eigenvalue weighted by Gasteiger charge is -2.21. The third-order valence-electron chi connectivity index (χ3n) is 4.61. The summed E-state index contributed by atoms with van der Waals surface area (Å²) in [6.45, 7) is 2.05. The maximum Gasteiger partial charge on any atom is 0.307 e. The Balaban J connectivity index is 1.82. The minimum atomic E-state index is -0.816. The molecule has 0 aliphatic rings. The lowest BCUT2D eigenvalue weighted by atomic mass is 9.83. The highest BCUT2D eigenvalue weighted by Crippen LogP contribution is 2.31. The van der Waals surface area contributed by atoms with Crippen LogP contribution < -0.4 is 0 Å². The standard InChI is InChI=1S/C18H22N6O2/c1-2-3-4-15(18(25)26)16(17-21-23-24-22-17)9-12-5-7-13(8-6-12)14-10-19-20-11-14/h5-8,10-11,15-16H,2-4,9H2,1H3,(H,19,20)(H,25,26)(H,21,22,23,24). The van der Waals surface area contributed by atoms with Crippen molar-refractivity contribution in [1.29, 1.82) is 0 Å². The first-order chi connectivity index (χ1) is 12.7. The van der Waals surface area contributed by atoms with Crippen LogP contribution in [0.5, 0.6) is 0 Å². The third-order valence-corrected chi connectivity index (χ3v) is 4.61. The van der Waals surface area contributed by atoms with E-state index in [1.807, 2.05) is 30.5 Å². The van der Waals surface area contributed by atoms with Gasteiger partial charge in [0.1, 0.15) is 0 Å². The number of aliphatic carboxylic acids is 1. The number of carbonyl (C=O) groups is 1. The second kappa shape index (κ2) is 8.37. The minimum absolute atomic E-state index is 0.322. The van der Waals surface area contributed by atoms with E-state index in [-0.39, 0.29) is 5.92 Å². The fraction of sp³-hybridized carbons (Fsp3) is 0.389. The molecular formula is C18H22N6O2. The second-order valence-electron chi connectivity index (χ2n) is 6.35. The number of carboxylic acids is 1. The van der Waals surface area contributed by atoms with Crippen LogP contribution in [-0.4, -0.2) is 41.9 Å². The molecule has 3 rings (SSSR count). The van der Waals surface area contributed by atoms with Gasteiger partial charge in [-0.1, -0.05) is 49.2 Å². The minimum Gasteiger partial charge on any atom is -0.481 e. The largest absolute Gasteiger partial charge is 0.481 e. The smallest absolute Gasteiger partial charge is 0.307 e. The predicted octanol–water partition coefficient (Wildman–Crippen LogP) is 2.81. The first-order valence-corrected chi connectivity index (χ1v) is 8.73. The quantitative estimate of drug-likeness (QED) is 0.543. The zero-order valence-electron chi connectivity index (χ0n) is 14.6. The van der Waals surface area contributed by atoms with Crippen LogP contribution in [0.3, 0.4) is 0 Å². The van der Waals surface area contributed by atoms with Crippen LogP contribution in [0, 0.1) is 5.92 Å². The zero-order chi connectivity index (χ0) is 18.4. The van der Waals surface area contributed by atoms with Gasteiger partial charge in [0.2, 0.25) is 0 Å². The molecule has 0 spiro atoms. The second-order valence-corrected chi connectivity index (χ2v) is 6.35. The summed E-state index contributed by atoms with van der Waals surface area (Å²) >= 11 is 0. The molecule has 0 saturated heterocycles. The molecule has 2 atom stereocenters. The first-order valence-electron chi connectivity index (χ1n) is 8.73. The van der Waals surface area contributed by atoms with Crippen LogP contribution in [0.2, 0.25) is 0 Å². The highest BCUT2D eigenvalue weighted by atomic mass is 16.4. The number of tetrazole rings is 1. The average molecular weight is 354 g/mol. The van der Waals surface area contributed by atoms with Crippen LogP contribution in [0.4, 0.5) is 0 Å². The molecule has 8 nitrogen and oxygen atoms in total. The molecule has 0 bridgehead atoms. The molecule has 0 fully saturated rings. The summed E-state index contributed by atoms with van der Waals surface area (Å²) in [6, 6.07) is 8.03. The summed E-state index contributed by atoms with van der Waals surface area (Å²) in [7, 11) is 0. The van der Waals surface area contributed by atoms with Gasteiger partial charge in [-0.05, 0) is 24.0 Å². The van der Waals surface area contributed by atoms with E-state index in [1.165, 1.54) is 0 Å². The molecule has 0 radical (unpaired) electrons. The van der Waals surface area contributed by atoms with Crippen LogP contribution in [0.1, 0.15) is 43.5 Å². The number of rotatable bonds is 9. The molecule has 0 saturated carbocycles. The number of nitrogens with zero attached hydrogens (tertiary/aromatic N) is 4. The van der Waals surface area contributed by atoms with Crippen molar-refractivity contribution in [3.63, 3.8) is 0 Å². The Labute approximate surface area is 151 Å². The molecule has 136 valence electrons. The van der Waals surface area contributed by atoms with Gasteiger partial charge >= 0.3 is 5.97 Å². The molecule has 0 aliphatic carbocycles. The predicted molar refractivity (Wildman–Crippen MR) is 95.3 cm³/mol. The van der Waals surface area contributed by atoms with Gasteiger partial charge in [-0.25, -0.2) is 0 Å². The third kappa shape index (κ3) is 4.14. The van der Waals surface area contributed by atoms with Gasteiger partial charge in [0, 0.05) is 17.7 Å². The van der Waals surface area contributed by atoms with Crippen molar-refractivity contribution < 1.29 is 9.90 Å². The van der Waals surface area contributed by atoms with Crippen molar-refractivity contribution in [2.75, 3.05) is 0 Å². The molecular weight excluding hydrogens is 332 g/mol. The molecule has 3 aromatic rings. The Morgan fingerprint density at radius 3 is 2.62 bits per heavy atom. The molecule has 1 aromatic carbocycles.